The summed E-state index contributed by atoms with van der Waals surface area (Å²) >= 11 is 0. The monoisotopic (exact) mass is 1260 g/mol. The van der Waals surface area contributed by atoms with Crippen LogP contribution in [0.2, 0.25) is 0 Å². The van der Waals surface area contributed by atoms with Gasteiger partial charge in [-0.15, -0.1) is 0 Å². The van der Waals surface area contributed by atoms with Crippen molar-refractivity contribution < 1.29 is 32.9 Å². The van der Waals surface area contributed by atoms with Gasteiger partial charge in [-0.25, -0.2) is 0 Å². The van der Waals surface area contributed by atoms with Crippen molar-refractivity contribution in [2.45, 2.75) is 424 Å². The molecular formula is C79H155N2O6P. The van der Waals surface area contributed by atoms with Crippen LogP contribution in [-0.4, -0.2) is 68.5 Å². The van der Waals surface area contributed by atoms with E-state index in [9.17, 15) is 19.4 Å². The summed E-state index contributed by atoms with van der Waals surface area (Å²) in [5.74, 6) is -0.155. The highest BCUT2D eigenvalue weighted by molar-refractivity contribution is 7.45. The van der Waals surface area contributed by atoms with Crippen molar-refractivity contribution in [1.82, 2.24) is 5.32 Å². The second-order valence-electron chi connectivity index (χ2n) is 28.4. The first-order chi connectivity index (χ1) is 43.0. The van der Waals surface area contributed by atoms with E-state index < -0.39 is 20.0 Å². The lowest BCUT2D eigenvalue weighted by Gasteiger charge is -2.30. The van der Waals surface area contributed by atoms with Crippen LogP contribution in [0.3, 0.4) is 0 Å². The number of phosphoric ester groups is 1. The smallest absolute Gasteiger partial charge is 0.268 e. The molecule has 522 valence electrons. The molecule has 0 aromatic rings. The topological polar surface area (TPSA) is 108 Å². The van der Waals surface area contributed by atoms with Gasteiger partial charge >= 0.3 is 0 Å². The first kappa shape index (κ1) is 86.7. The number of aliphatic hydroxyl groups is 1. The van der Waals surface area contributed by atoms with E-state index in [-0.39, 0.29) is 19.1 Å². The number of phosphoric acid groups is 1. The van der Waals surface area contributed by atoms with Gasteiger partial charge in [-0.05, 0) is 51.4 Å². The summed E-state index contributed by atoms with van der Waals surface area (Å²) in [5, 5.41) is 14.1. The zero-order valence-corrected chi connectivity index (χ0v) is 60.9. The number of quaternary nitrogens is 1. The third-order valence-electron chi connectivity index (χ3n) is 18.4. The van der Waals surface area contributed by atoms with E-state index in [4.69, 9.17) is 9.05 Å². The molecule has 0 saturated heterocycles. The maximum absolute atomic E-state index is 13.1. The van der Waals surface area contributed by atoms with E-state index in [0.29, 0.717) is 23.9 Å². The third-order valence-corrected chi connectivity index (χ3v) is 19.3. The number of carbonyl (C=O) groups is 1. The molecule has 0 radical (unpaired) electrons. The molecule has 9 heteroatoms. The predicted octanol–water partition coefficient (Wildman–Crippen LogP) is 24.9. The van der Waals surface area contributed by atoms with Crippen molar-refractivity contribution in [3.05, 3.63) is 36.5 Å². The largest absolute Gasteiger partial charge is 0.756 e. The minimum atomic E-state index is -4.58. The summed E-state index contributed by atoms with van der Waals surface area (Å²) in [4.78, 5) is 25.7. The first-order valence-electron chi connectivity index (χ1n) is 39.3. The Balaban J connectivity index is 3.88. The number of amides is 1. The van der Waals surface area contributed by atoms with Crippen LogP contribution >= 0.6 is 7.82 Å². The Morgan fingerprint density at radius 2 is 0.659 bits per heavy atom. The van der Waals surface area contributed by atoms with E-state index in [2.05, 4.69) is 55.6 Å². The van der Waals surface area contributed by atoms with Gasteiger partial charge in [-0.2, -0.15) is 0 Å². The fraction of sp³-hybridized carbons (Fsp3) is 0.911. The Hall–Kier alpha value is -1.28. The highest BCUT2D eigenvalue weighted by Gasteiger charge is 2.24. The van der Waals surface area contributed by atoms with Gasteiger partial charge in [0.1, 0.15) is 13.2 Å². The van der Waals surface area contributed by atoms with Crippen LogP contribution in [-0.2, 0) is 18.4 Å². The molecule has 0 fully saturated rings. The molecular weight excluding hydrogens is 1100 g/mol. The first-order valence-corrected chi connectivity index (χ1v) is 40.8. The number of nitrogens with zero attached hydrogens (tertiary/aromatic N) is 1. The molecule has 0 rings (SSSR count). The number of likely N-dealkylation sites (N-methyl/N-ethyl adjacent to an activating group) is 1. The zero-order valence-electron chi connectivity index (χ0n) is 60.0. The summed E-state index contributed by atoms with van der Waals surface area (Å²) in [6.45, 7) is 4.78. The normalized spacial score (nSPS) is 13.7. The van der Waals surface area contributed by atoms with E-state index in [1.165, 1.54) is 334 Å². The molecule has 0 aromatic carbocycles. The van der Waals surface area contributed by atoms with Gasteiger partial charge in [0.05, 0.1) is 39.9 Å². The Labute approximate surface area is 550 Å². The van der Waals surface area contributed by atoms with Crippen molar-refractivity contribution in [3.63, 3.8) is 0 Å². The molecule has 0 aliphatic carbocycles. The molecule has 1 amide bonds. The van der Waals surface area contributed by atoms with Crippen LogP contribution < -0.4 is 10.2 Å². The number of allylic oxidation sites excluding steroid dienone is 6. The molecule has 0 saturated carbocycles. The van der Waals surface area contributed by atoms with Crippen molar-refractivity contribution >= 4 is 13.7 Å². The highest BCUT2D eigenvalue weighted by atomic mass is 31.2. The van der Waals surface area contributed by atoms with Crippen LogP contribution in [0.1, 0.15) is 412 Å². The molecule has 0 spiro atoms. The van der Waals surface area contributed by atoms with E-state index in [1.54, 1.807) is 0 Å². The van der Waals surface area contributed by atoms with Crippen LogP contribution in [0.5, 0.6) is 0 Å². The molecule has 0 bridgehead atoms. The lowest BCUT2D eigenvalue weighted by molar-refractivity contribution is -0.870. The standard InChI is InChI=1S/C79H155N2O6P/c1-6-8-10-12-14-16-18-20-22-24-26-28-30-32-33-34-35-36-37-38-39-40-41-42-43-44-45-46-47-49-51-53-55-57-59-61-63-65-67-69-71-73-79(83)80-77(76-87-88(84,85)86-75-74-81(3,4)5)78(82)72-70-68-66-64-62-60-58-56-54-52-50-48-31-29-27-25-23-21-19-17-15-13-11-9-7-2/h18,20,24,26,30,32,77-78,82H,6-17,19,21-23,25,27-29,31,33-76H2,1-5H3,(H-,80,83,84,85)/b20-18-,26-24-,32-30-. The second-order valence-corrected chi connectivity index (χ2v) is 29.8. The molecule has 2 N–H and O–H groups in total. The summed E-state index contributed by atoms with van der Waals surface area (Å²) in [5.41, 5.74) is 0. The van der Waals surface area contributed by atoms with E-state index in [0.717, 1.165) is 51.4 Å². The fourth-order valence-corrected chi connectivity index (χ4v) is 13.0. The van der Waals surface area contributed by atoms with Gasteiger partial charge in [0.25, 0.3) is 7.82 Å². The summed E-state index contributed by atoms with van der Waals surface area (Å²) < 4.78 is 23.6. The number of rotatable bonds is 74. The minimum absolute atomic E-state index is 0.0152. The van der Waals surface area contributed by atoms with Crippen LogP contribution in [0.25, 0.3) is 0 Å². The van der Waals surface area contributed by atoms with Gasteiger partial charge < -0.3 is 28.8 Å². The maximum Gasteiger partial charge on any atom is 0.268 e. The number of hydrogen-bond donors (Lipinski definition) is 2. The van der Waals surface area contributed by atoms with Crippen LogP contribution in [0, 0.1) is 0 Å². The lowest BCUT2D eigenvalue weighted by Crippen LogP contribution is -2.46. The molecule has 0 heterocycles. The maximum atomic E-state index is 13.1. The van der Waals surface area contributed by atoms with Gasteiger partial charge in [-0.3, -0.25) is 9.36 Å². The fourth-order valence-electron chi connectivity index (χ4n) is 12.3. The van der Waals surface area contributed by atoms with Crippen molar-refractivity contribution in [2.24, 2.45) is 0 Å². The molecule has 0 aliphatic rings. The van der Waals surface area contributed by atoms with Crippen molar-refractivity contribution in [3.8, 4) is 0 Å². The minimum Gasteiger partial charge on any atom is -0.756 e. The van der Waals surface area contributed by atoms with Gasteiger partial charge in [0.15, 0.2) is 0 Å². The summed E-state index contributed by atoms with van der Waals surface area (Å²) in [6.07, 6.45) is 94.1. The molecule has 0 aliphatic heterocycles. The average molecular weight is 1260 g/mol. The number of nitrogens with one attached hydrogen (secondary N) is 1. The third kappa shape index (κ3) is 72.2. The number of hydrogen-bond acceptors (Lipinski definition) is 6. The van der Waals surface area contributed by atoms with E-state index in [1.807, 2.05) is 21.1 Å². The Morgan fingerprint density at radius 3 is 0.955 bits per heavy atom. The summed E-state index contributed by atoms with van der Waals surface area (Å²) in [6, 6.07) is -0.800. The predicted molar refractivity (Wildman–Crippen MR) is 385 cm³/mol. The molecule has 88 heavy (non-hydrogen) atoms. The SMILES string of the molecule is CCCCCCC/C=C\C/C=C\C/C=C\CCCCCCCCCCCCCCCCCCCCCCCCCCCCC(=O)NC(COP(=O)([O-])OCC[N+](C)(C)C)C(O)CCCCCCCCCCCCCCCCCCCCCCCCCCC. The highest BCUT2D eigenvalue weighted by Crippen LogP contribution is 2.38. The number of carbonyl (C=O) groups excluding carboxylic acids is 1. The second kappa shape index (κ2) is 70.0. The van der Waals surface area contributed by atoms with Gasteiger partial charge in [0, 0.05) is 6.42 Å². The summed E-state index contributed by atoms with van der Waals surface area (Å²) in [7, 11) is 1.33. The lowest BCUT2D eigenvalue weighted by atomic mass is 10.0. The van der Waals surface area contributed by atoms with Gasteiger partial charge in [-0.1, -0.05) is 391 Å². The molecule has 3 unspecified atom stereocenters. The number of aliphatic hydroxyl groups excluding tert-OH is 1. The molecule has 0 aromatic heterocycles. The molecule has 3 atom stereocenters. The quantitative estimate of drug-likeness (QED) is 0.0272. The van der Waals surface area contributed by atoms with Crippen LogP contribution in [0.15, 0.2) is 36.5 Å². The van der Waals surface area contributed by atoms with Gasteiger partial charge in [0.2, 0.25) is 5.91 Å². The van der Waals surface area contributed by atoms with E-state index >= 15 is 0 Å². The molecule has 8 nitrogen and oxygen atoms in total. The van der Waals surface area contributed by atoms with Crippen molar-refractivity contribution in [1.29, 1.82) is 0 Å². The number of unbranched alkanes of at least 4 members (excludes halogenated alkanes) is 55. The van der Waals surface area contributed by atoms with Crippen LogP contribution in [0.4, 0.5) is 0 Å². The zero-order chi connectivity index (χ0) is 64.1. The average Bonchev–Trinajstić information content (AvgIpc) is 3.71. The van der Waals surface area contributed by atoms with Crippen molar-refractivity contribution in [2.75, 3.05) is 40.9 Å². The Bertz CT molecular complexity index is 1530. The Morgan fingerprint density at radius 1 is 0.398 bits per heavy atom. The Kier molecular flexibility index (Phi) is 69.0.